The third kappa shape index (κ3) is 6.67. The molecule has 11 heteroatoms. The number of para-hydroxylation sites is 1. The molecule has 3 rings (SSSR count). The van der Waals surface area contributed by atoms with E-state index in [-0.39, 0.29) is 33.5 Å². The van der Waals surface area contributed by atoms with E-state index in [1.807, 2.05) is 6.07 Å². The molecule has 0 spiro atoms. The van der Waals surface area contributed by atoms with Crippen molar-refractivity contribution >= 4 is 56.4 Å². The fourth-order valence-corrected chi connectivity index (χ4v) is 4.07. The van der Waals surface area contributed by atoms with E-state index in [2.05, 4.69) is 15.6 Å². The number of anilines is 2. The first-order valence-corrected chi connectivity index (χ1v) is 12.2. The van der Waals surface area contributed by atoms with Crippen LogP contribution in [0.5, 0.6) is 0 Å². The van der Waals surface area contributed by atoms with Crippen LogP contribution >= 0.6 is 23.2 Å². The molecule has 0 saturated carbocycles. The highest BCUT2D eigenvalue weighted by Crippen LogP contribution is 2.28. The first-order valence-electron chi connectivity index (χ1n) is 9.64. The summed E-state index contributed by atoms with van der Waals surface area (Å²) in [5.41, 5.74) is 1.48. The van der Waals surface area contributed by atoms with Crippen LogP contribution in [0.2, 0.25) is 10.0 Å². The summed E-state index contributed by atoms with van der Waals surface area (Å²) < 4.78 is 25.5. The largest absolute Gasteiger partial charge is 0.348 e. The van der Waals surface area contributed by atoms with Crippen molar-refractivity contribution in [3.05, 3.63) is 88.2 Å². The first-order chi connectivity index (χ1) is 15.6. The molecule has 2 aromatic carbocycles. The monoisotopic (exact) mass is 506 g/mol. The van der Waals surface area contributed by atoms with E-state index in [0.717, 1.165) is 16.1 Å². The van der Waals surface area contributed by atoms with Crippen molar-refractivity contribution in [1.29, 1.82) is 0 Å². The fraction of sp³-hybridized carbons (Fsp3) is 0.136. The van der Waals surface area contributed by atoms with Crippen molar-refractivity contribution < 1.29 is 18.0 Å². The van der Waals surface area contributed by atoms with Gasteiger partial charge in [-0.15, -0.1) is 0 Å². The highest BCUT2D eigenvalue weighted by atomic mass is 35.5. The molecule has 0 radical (unpaired) electrons. The van der Waals surface area contributed by atoms with Crippen LogP contribution in [0.1, 0.15) is 15.9 Å². The number of carbonyl (C=O) groups is 2. The molecule has 0 atom stereocenters. The predicted molar refractivity (Wildman–Crippen MR) is 129 cm³/mol. The minimum Gasteiger partial charge on any atom is -0.348 e. The van der Waals surface area contributed by atoms with Crippen LogP contribution in [0.15, 0.2) is 67.0 Å². The van der Waals surface area contributed by atoms with E-state index < -0.39 is 28.4 Å². The SMILES string of the molecule is CS(=O)(=O)N(CC(=O)Nc1ccccc1C(=O)NCc1cccnc1)c1ccc(Cl)c(Cl)c1. The van der Waals surface area contributed by atoms with Crippen molar-refractivity contribution in [3.8, 4) is 0 Å². The van der Waals surface area contributed by atoms with E-state index in [1.54, 1.807) is 42.7 Å². The number of amides is 2. The molecule has 0 aliphatic heterocycles. The van der Waals surface area contributed by atoms with Gasteiger partial charge in [-0.25, -0.2) is 8.42 Å². The minimum absolute atomic E-state index is 0.152. The Bertz CT molecular complexity index is 1270. The lowest BCUT2D eigenvalue weighted by Crippen LogP contribution is -2.37. The summed E-state index contributed by atoms with van der Waals surface area (Å²) in [6.07, 6.45) is 4.24. The van der Waals surface area contributed by atoms with Gasteiger partial charge in [0.15, 0.2) is 0 Å². The van der Waals surface area contributed by atoms with E-state index in [4.69, 9.17) is 23.2 Å². The van der Waals surface area contributed by atoms with Crippen molar-refractivity contribution in [3.63, 3.8) is 0 Å². The summed E-state index contributed by atoms with van der Waals surface area (Å²) >= 11 is 11.9. The summed E-state index contributed by atoms with van der Waals surface area (Å²) in [5.74, 6) is -1.04. The van der Waals surface area contributed by atoms with Gasteiger partial charge in [0.05, 0.1) is 33.2 Å². The Morgan fingerprint density at radius 1 is 1.03 bits per heavy atom. The van der Waals surface area contributed by atoms with Crippen molar-refractivity contribution in [2.24, 2.45) is 0 Å². The average molecular weight is 507 g/mol. The zero-order chi connectivity index (χ0) is 24.0. The second-order valence-electron chi connectivity index (χ2n) is 7.01. The van der Waals surface area contributed by atoms with Crippen LogP contribution in [0.4, 0.5) is 11.4 Å². The Hall–Kier alpha value is -3.14. The molecular weight excluding hydrogens is 487 g/mol. The molecule has 33 heavy (non-hydrogen) atoms. The molecule has 0 fully saturated rings. The van der Waals surface area contributed by atoms with Gasteiger partial charge in [0.2, 0.25) is 15.9 Å². The number of pyridine rings is 1. The Balaban J connectivity index is 1.75. The smallest absolute Gasteiger partial charge is 0.253 e. The van der Waals surface area contributed by atoms with Gasteiger partial charge in [-0.3, -0.25) is 18.9 Å². The Labute approximate surface area is 201 Å². The second-order valence-corrected chi connectivity index (χ2v) is 9.73. The van der Waals surface area contributed by atoms with Crippen LogP contribution in [0.3, 0.4) is 0 Å². The van der Waals surface area contributed by atoms with Crippen LogP contribution < -0.4 is 14.9 Å². The molecule has 2 amide bonds. The molecule has 8 nitrogen and oxygen atoms in total. The summed E-state index contributed by atoms with van der Waals surface area (Å²) in [4.78, 5) is 29.4. The number of carbonyl (C=O) groups excluding carboxylic acids is 2. The molecule has 0 saturated heterocycles. The van der Waals surface area contributed by atoms with Crippen molar-refractivity contribution in [1.82, 2.24) is 10.3 Å². The van der Waals surface area contributed by atoms with Gasteiger partial charge >= 0.3 is 0 Å². The minimum atomic E-state index is -3.82. The molecule has 1 heterocycles. The van der Waals surface area contributed by atoms with E-state index >= 15 is 0 Å². The highest BCUT2D eigenvalue weighted by molar-refractivity contribution is 7.92. The predicted octanol–water partition coefficient (Wildman–Crippen LogP) is 3.72. The second kappa shape index (κ2) is 10.7. The molecule has 0 unspecified atom stereocenters. The molecule has 2 N–H and O–H groups in total. The normalized spacial score (nSPS) is 11.0. The van der Waals surface area contributed by atoms with Crippen LogP contribution in [0.25, 0.3) is 0 Å². The van der Waals surface area contributed by atoms with Gasteiger partial charge in [-0.05, 0) is 42.0 Å². The van der Waals surface area contributed by atoms with E-state index in [0.29, 0.717) is 0 Å². The van der Waals surface area contributed by atoms with Crippen LogP contribution in [-0.2, 0) is 21.4 Å². The summed E-state index contributed by atoms with van der Waals surface area (Å²) in [7, 11) is -3.82. The summed E-state index contributed by atoms with van der Waals surface area (Å²) in [6.45, 7) is -0.267. The highest BCUT2D eigenvalue weighted by Gasteiger charge is 2.22. The number of rotatable bonds is 8. The van der Waals surface area contributed by atoms with Gasteiger partial charge in [0, 0.05) is 18.9 Å². The number of halogens is 2. The number of nitrogens with one attached hydrogen (secondary N) is 2. The number of benzene rings is 2. The van der Waals surface area contributed by atoms with Gasteiger partial charge in [-0.2, -0.15) is 0 Å². The number of aromatic nitrogens is 1. The number of hydrogen-bond acceptors (Lipinski definition) is 5. The molecule has 0 aliphatic rings. The Kier molecular flexibility index (Phi) is 7.91. The molecule has 0 aliphatic carbocycles. The number of nitrogens with zero attached hydrogens (tertiary/aromatic N) is 2. The van der Waals surface area contributed by atoms with Gasteiger partial charge in [0.25, 0.3) is 5.91 Å². The van der Waals surface area contributed by atoms with Crippen molar-refractivity contribution in [2.75, 3.05) is 22.4 Å². The van der Waals surface area contributed by atoms with E-state index in [9.17, 15) is 18.0 Å². The third-order valence-electron chi connectivity index (χ3n) is 4.50. The molecular formula is C22H20Cl2N4O4S. The standard InChI is InChI=1S/C22H20Cl2N4O4S/c1-33(31,32)28(16-8-9-18(23)19(24)11-16)14-21(29)27-20-7-3-2-6-17(20)22(30)26-13-15-5-4-10-25-12-15/h2-12H,13-14H2,1H3,(H,26,30)(H,27,29). The number of sulfonamides is 1. The van der Waals surface area contributed by atoms with Gasteiger partial charge < -0.3 is 10.6 Å². The molecule has 0 bridgehead atoms. The zero-order valence-corrected chi connectivity index (χ0v) is 19.8. The van der Waals surface area contributed by atoms with Crippen LogP contribution in [-0.4, -0.2) is 38.0 Å². The van der Waals surface area contributed by atoms with E-state index in [1.165, 1.54) is 18.2 Å². The molecule has 1 aromatic heterocycles. The van der Waals surface area contributed by atoms with Crippen LogP contribution in [0, 0.1) is 0 Å². The van der Waals surface area contributed by atoms with Gasteiger partial charge in [-0.1, -0.05) is 41.4 Å². The topological polar surface area (TPSA) is 108 Å². The lowest BCUT2D eigenvalue weighted by Gasteiger charge is -2.22. The number of hydrogen-bond donors (Lipinski definition) is 2. The maximum Gasteiger partial charge on any atom is 0.253 e. The zero-order valence-electron chi connectivity index (χ0n) is 17.5. The third-order valence-corrected chi connectivity index (χ3v) is 6.38. The maximum atomic E-state index is 12.7. The first kappa shape index (κ1) is 24.5. The van der Waals surface area contributed by atoms with Crippen molar-refractivity contribution in [2.45, 2.75) is 6.54 Å². The summed E-state index contributed by atoms with van der Waals surface area (Å²) in [6, 6.07) is 14.3. The lowest BCUT2D eigenvalue weighted by molar-refractivity contribution is -0.114. The fourth-order valence-electron chi connectivity index (χ4n) is 2.93. The Morgan fingerprint density at radius 3 is 2.45 bits per heavy atom. The molecule has 3 aromatic rings. The average Bonchev–Trinajstić information content (AvgIpc) is 2.78. The maximum absolute atomic E-state index is 12.7. The summed E-state index contributed by atoms with van der Waals surface area (Å²) in [5, 5.41) is 5.78. The Morgan fingerprint density at radius 2 is 1.79 bits per heavy atom. The van der Waals surface area contributed by atoms with Gasteiger partial charge in [0.1, 0.15) is 6.54 Å². The molecule has 172 valence electrons. The lowest BCUT2D eigenvalue weighted by atomic mass is 10.1. The quantitative estimate of drug-likeness (QED) is 0.483.